The third-order valence-corrected chi connectivity index (χ3v) is 7.35. The van der Waals surface area contributed by atoms with E-state index in [9.17, 15) is 13.2 Å². The van der Waals surface area contributed by atoms with E-state index in [0.717, 1.165) is 31.2 Å². The molecule has 30 heavy (non-hydrogen) atoms. The van der Waals surface area contributed by atoms with Gasteiger partial charge < -0.3 is 14.8 Å². The van der Waals surface area contributed by atoms with Gasteiger partial charge in [0, 0.05) is 23.6 Å². The Hall–Kier alpha value is -1.64. The molecule has 1 saturated heterocycles. The van der Waals surface area contributed by atoms with E-state index < -0.39 is 10.0 Å². The zero-order valence-corrected chi connectivity index (χ0v) is 19.3. The lowest BCUT2D eigenvalue weighted by Gasteiger charge is -2.34. The second-order valence-electron chi connectivity index (χ2n) is 8.79. The fourth-order valence-corrected chi connectivity index (χ4v) is 6.00. The van der Waals surface area contributed by atoms with Gasteiger partial charge >= 0.3 is 0 Å². The molecule has 2 aliphatic rings. The van der Waals surface area contributed by atoms with Gasteiger partial charge in [-0.05, 0) is 56.4 Å². The number of benzene rings is 1. The van der Waals surface area contributed by atoms with Crippen molar-refractivity contribution in [3.8, 4) is 0 Å². The molecule has 0 radical (unpaired) electrons. The van der Waals surface area contributed by atoms with Crippen molar-refractivity contribution < 1.29 is 22.7 Å². The molecule has 168 valence electrons. The van der Waals surface area contributed by atoms with Gasteiger partial charge in [-0.25, -0.2) is 8.42 Å². The molecule has 0 aliphatic carbocycles. The lowest BCUT2D eigenvalue weighted by molar-refractivity contribution is -0.133. The van der Waals surface area contributed by atoms with Gasteiger partial charge in [-0.3, -0.25) is 9.10 Å². The number of anilines is 1. The summed E-state index contributed by atoms with van der Waals surface area (Å²) in [6.07, 6.45) is 5.50. The fourth-order valence-electron chi connectivity index (χ4n) is 4.74. The monoisotopic (exact) mass is 438 g/mol. The minimum absolute atomic E-state index is 0.0468. The number of nitrogens with zero attached hydrogens (tertiary/aromatic N) is 1. The molecule has 7 nitrogen and oxygen atoms in total. The van der Waals surface area contributed by atoms with Crippen molar-refractivity contribution in [3.05, 3.63) is 29.3 Å². The highest BCUT2D eigenvalue weighted by Gasteiger charge is 2.37. The van der Waals surface area contributed by atoms with Gasteiger partial charge in [-0.2, -0.15) is 0 Å². The van der Waals surface area contributed by atoms with Crippen molar-refractivity contribution in [1.29, 1.82) is 0 Å². The molecule has 2 unspecified atom stereocenters. The van der Waals surface area contributed by atoms with E-state index in [2.05, 4.69) is 19.2 Å². The normalized spacial score (nSPS) is 21.5. The molecular weight excluding hydrogens is 404 g/mol. The van der Waals surface area contributed by atoms with E-state index >= 15 is 0 Å². The summed E-state index contributed by atoms with van der Waals surface area (Å²) in [6.45, 7) is 8.11. The van der Waals surface area contributed by atoms with Crippen molar-refractivity contribution in [1.82, 2.24) is 5.32 Å². The van der Waals surface area contributed by atoms with Gasteiger partial charge in [0.05, 0.1) is 25.2 Å². The first-order valence-electron chi connectivity index (χ1n) is 10.8. The summed E-state index contributed by atoms with van der Waals surface area (Å²) in [4.78, 5) is 12.6. The largest absolute Gasteiger partial charge is 0.352 e. The number of nitrogens with one attached hydrogen (secondary N) is 1. The minimum atomic E-state index is -3.33. The van der Waals surface area contributed by atoms with Crippen molar-refractivity contribution in [3.63, 3.8) is 0 Å². The van der Waals surface area contributed by atoms with E-state index in [0.29, 0.717) is 37.4 Å². The van der Waals surface area contributed by atoms with Crippen LogP contribution in [-0.4, -0.2) is 52.7 Å². The van der Waals surface area contributed by atoms with Crippen LogP contribution in [-0.2, 0) is 25.9 Å². The number of carbonyl (C=O) groups is 1. The molecule has 1 N–H and O–H groups in total. The van der Waals surface area contributed by atoms with E-state index in [4.69, 9.17) is 9.47 Å². The van der Waals surface area contributed by atoms with E-state index in [1.165, 1.54) is 10.6 Å². The van der Waals surface area contributed by atoms with E-state index in [1.54, 1.807) is 12.1 Å². The zero-order valence-electron chi connectivity index (χ0n) is 18.4. The van der Waals surface area contributed by atoms with Gasteiger partial charge in [0.1, 0.15) is 0 Å². The number of hydrogen-bond acceptors (Lipinski definition) is 5. The highest BCUT2D eigenvalue weighted by molar-refractivity contribution is 7.92. The van der Waals surface area contributed by atoms with Crippen molar-refractivity contribution in [2.45, 2.75) is 65.2 Å². The van der Waals surface area contributed by atoms with Crippen LogP contribution in [0.3, 0.4) is 0 Å². The summed E-state index contributed by atoms with van der Waals surface area (Å²) in [7, 11) is -3.33. The summed E-state index contributed by atoms with van der Waals surface area (Å²) < 4.78 is 37.0. The summed E-state index contributed by atoms with van der Waals surface area (Å²) in [5.74, 6) is -0.131. The summed E-state index contributed by atoms with van der Waals surface area (Å²) in [5.41, 5.74) is 2.09. The Balaban J connectivity index is 1.56. The quantitative estimate of drug-likeness (QED) is 0.599. The molecule has 0 aromatic heterocycles. The topological polar surface area (TPSA) is 84.9 Å². The number of ether oxygens (including phenoxy) is 2. The molecule has 1 amide bonds. The molecule has 8 heteroatoms. The molecule has 1 aromatic rings. The number of hydrogen-bond donors (Lipinski definition) is 1. The molecule has 2 atom stereocenters. The molecule has 0 bridgehead atoms. The van der Waals surface area contributed by atoms with Gasteiger partial charge in [-0.1, -0.05) is 20.3 Å². The van der Waals surface area contributed by atoms with Crippen LogP contribution in [0.5, 0.6) is 0 Å². The predicted octanol–water partition coefficient (Wildman–Crippen LogP) is 3.09. The Morgan fingerprint density at radius 2 is 1.97 bits per heavy atom. The van der Waals surface area contributed by atoms with E-state index in [-0.39, 0.29) is 23.7 Å². The van der Waals surface area contributed by atoms with Crippen LogP contribution in [0.25, 0.3) is 0 Å². The smallest absolute Gasteiger partial charge is 0.251 e. The molecule has 1 fully saturated rings. The van der Waals surface area contributed by atoms with Crippen LogP contribution in [0.4, 0.5) is 5.69 Å². The molecule has 1 aromatic carbocycles. The third-order valence-electron chi connectivity index (χ3n) is 6.07. The Kier molecular flexibility index (Phi) is 7.09. The van der Waals surface area contributed by atoms with Crippen molar-refractivity contribution in [2.24, 2.45) is 5.41 Å². The number of rotatable bonds is 9. The average molecular weight is 439 g/mol. The minimum Gasteiger partial charge on any atom is -0.352 e. The average Bonchev–Trinajstić information content (AvgIpc) is 3.31. The Morgan fingerprint density at radius 3 is 2.60 bits per heavy atom. The molecule has 3 rings (SSSR count). The summed E-state index contributed by atoms with van der Waals surface area (Å²) in [5, 5.41) is 3.00. The molecule has 2 aliphatic heterocycles. The standard InChI is InChI=1S/C22H34N2O5S/c1-5-9-22(3,21-28-12-13-29-21)10-6-11-23-20(25)17-7-8-19-18(15-17)14-16(2)24(19)30(4,26)27/h7-8,15-16,21H,5-6,9-14H2,1-4H3,(H,23,25). The summed E-state index contributed by atoms with van der Waals surface area (Å²) in [6, 6.07) is 5.12. The Labute approximate surface area is 180 Å². The molecule has 0 saturated carbocycles. The zero-order chi connectivity index (χ0) is 21.9. The highest BCUT2D eigenvalue weighted by Crippen LogP contribution is 2.37. The first-order valence-corrected chi connectivity index (χ1v) is 12.6. The highest BCUT2D eigenvalue weighted by atomic mass is 32.2. The first kappa shape index (κ1) is 23.0. The number of carbonyl (C=O) groups excluding carboxylic acids is 1. The lowest BCUT2D eigenvalue weighted by Crippen LogP contribution is -2.34. The van der Waals surface area contributed by atoms with Gasteiger partial charge in [-0.15, -0.1) is 0 Å². The summed E-state index contributed by atoms with van der Waals surface area (Å²) >= 11 is 0. The van der Waals surface area contributed by atoms with Crippen LogP contribution < -0.4 is 9.62 Å². The maximum absolute atomic E-state index is 12.6. The lowest BCUT2D eigenvalue weighted by atomic mass is 9.80. The second kappa shape index (κ2) is 9.24. The Bertz CT molecular complexity index is 866. The fraction of sp³-hybridized carbons (Fsp3) is 0.682. The van der Waals surface area contributed by atoms with Crippen LogP contribution >= 0.6 is 0 Å². The molecule has 0 spiro atoms. The van der Waals surface area contributed by atoms with Gasteiger partial charge in [0.25, 0.3) is 5.91 Å². The van der Waals surface area contributed by atoms with Crippen LogP contribution in [0.2, 0.25) is 0 Å². The third kappa shape index (κ3) is 4.98. The maximum atomic E-state index is 12.6. The van der Waals surface area contributed by atoms with Crippen LogP contribution in [0.1, 0.15) is 62.4 Å². The van der Waals surface area contributed by atoms with Gasteiger partial charge in [0.2, 0.25) is 10.0 Å². The van der Waals surface area contributed by atoms with Crippen LogP contribution in [0.15, 0.2) is 18.2 Å². The number of sulfonamides is 1. The molecular formula is C22H34N2O5S. The second-order valence-corrected chi connectivity index (χ2v) is 10.7. The SMILES string of the molecule is CCCC(C)(CCCNC(=O)c1ccc2c(c1)CC(C)N2S(C)(=O)=O)C1OCCO1. The predicted molar refractivity (Wildman–Crippen MR) is 117 cm³/mol. The van der Waals surface area contributed by atoms with E-state index in [1.807, 2.05) is 13.0 Å². The van der Waals surface area contributed by atoms with Crippen molar-refractivity contribution >= 4 is 21.6 Å². The van der Waals surface area contributed by atoms with Gasteiger partial charge in [0.15, 0.2) is 6.29 Å². The number of amides is 1. The maximum Gasteiger partial charge on any atom is 0.251 e. The molecule has 2 heterocycles. The van der Waals surface area contributed by atoms with Crippen molar-refractivity contribution in [2.75, 3.05) is 30.3 Å². The van der Waals surface area contributed by atoms with Crippen LogP contribution in [0, 0.1) is 5.41 Å². The number of fused-ring (bicyclic) bond motifs is 1. The Morgan fingerprint density at radius 1 is 1.27 bits per heavy atom. The first-order chi connectivity index (χ1) is 14.2.